The van der Waals surface area contributed by atoms with Crippen molar-refractivity contribution in [3.63, 3.8) is 0 Å². The Kier molecular flexibility index (Phi) is 6.72. The Hall–Kier alpha value is -2.65. The van der Waals surface area contributed by atoms with E-state index in [1.807, 2.05) is 38.1 Å². The van der Waals surface area contributed by atoms with Gasteiger partial charge in [-0.05, 0) is 50.4 Å². The van der Waals surface area contributed by atoms with E-state index in [1.54, 1.807) is 0 Å². The van der Waals surface area contributed by atoms with Gasteiger partial charge in [0.1, 0.15) is 11.6 Å². The highest BCUT2D eigenvalue weighted by Crippen LogP contribution is 2.21. The molecule has 132 valence electrons. The first-order valence-electron chi connectivity index (χ1n) is 8.58. The van der Waals surface area contributed by atoms with E-state index in [-0.39, 0.29) is 17.4 Å². The Balaban J connectivity index is 2.06. The second-order valence-electron chi connectivity index (χ2n) is 6.12. The van der Waals surface area contributed by atoms with Crippen LogP contribution in [0.1, 0.15) is 30.9 Å². The standard InChI is InChI=1S/C19H24N4O2/c1-3-14-6-4-5-13(2)17(14)23-19(25)16(11-20)12-22-18(24)15-7-9-21-10-8-15/h4-6,12,15,21H,3,7-10H2,1-2H3,(H,22,24)(H,23,25)/b16-12-. The van der Waals surface area contributed by atoms with E-state index in [1.165, 1.54) is 6.20 Å². The SMILES string of the molecule is CCc1cccc(C)c1NC(=O)/C(C#N)=C\NC(=O)C1CCNCC1. The molecule has 1 heterocycles. The van der Waals surface area contributed by atoms with Crippen LogP contribution in [0.4, 0.5) is 5.69 Å². The molecule has 1 saturated heterocycles. The predicted molar refractivity (Wildman–Crippen MR) is 96.6 cm³/mol. The minimum absolute atomic E-state index is 0.0800. The van der Waals surface area contributed by atoms with E-state index in [2.05, 4.69) is 16.0 Å². The summed E-state index contributed by atoms with van der Waals surface area (Å²) in [4.78, 5) is 24.5. The van der Waals surface area contributed by atoms with Crippen LogP contribution in [0.2, 0.25) is 0 Å². The number of nitrogens with one attached hydrogen (secondary N) is 3. The molecule has 3 N–H and O–H groups in total. The number of carbonyl (C=O) groups is 2. The minimum atomic E-state index is -0.517. The molecule has 0 aromatic heterocycles. The summed E-state index contributed by atoms with van der Waals surface area (Å²) in [6, 6.07) is 7.64. The van der Waals surface area contributed by atoms with Crippen LogP contribution in [0.15, 0.2) is 30.0 Å². The molecule has 0 unspecified atom stereocenters. The number of piperidine rings is 1. The van der Waals surface area contributed by atoms with Gasteiger partial charge in [-0.2, -0.15) is 5.26 Å². The predicted octanol–water partition coefficient (Wildman–Crippen LogP) is 2.02. The van der Waals surface area contributed by atoms with Crippen molar-refractivity contribution in [3.8, 4) is 6.07 Å². The summed E-state index contributed by atoms with van der Waals surface area (Å²) >= 11 is 0. The van der Waals surface area contributed by atoms with E-state index in [4.69, 9.17) is 0 Å². The summed E-state index contributed by atoms with van der Waals surface area (Å²) in [5.74, 6) is -0.743. The van der Waals surface area contributed by atoms with Crippen molar-refractivity contribution >= 4 is 17.5 Å². The van der Waals surface area contributed by atoms with Gasteiger partial charge in [0.2, 0.25) is 5.91 Å². The number of amides is 2. The summed E-state index contributed by atoms with van der Waals surface area (Å²) in [6.07, 6.45) is 3.51. The van der Waals surface area contributed by atoms with E-state index >= 15 is 0 Å². The van der Waals surface area contributed by atoms with Gasteiger partial charge in [0.25, 0.3) is 5.91 Å². The van der Waals surface area contributed by atoms with Crippen LogP contribution in [0.3, 0.4) is 0 Å². The van der Waals surface area contributed by atoms with Crippen LogP contribution in [0.25, 0.3) is 0 Å². The lowest BCUT2D eigenvalue weighted by atomic mass is 9.97. The third kappa shape index (κ3) is 4.91. The van der Waals surface area contributed by atoms with Gasteiger partial charge in [-0.3, -0.25) is 9.59 Å². The second-order valence-corrected chi connectivity index (χ2v) is 6.12. The maximum Gasteiger partial charge on any atom is 0.267 e. The lowest BCUT2D eigenvalue weighted by Gasteiger charge is -2.20. The number of para-hydroxylation sites is 1. The Bertz CT molecular complexity index is 713. The maximum atomic E-state index is 12.4. The van der Waals surface area contributed by atoms with Crippen molar-refractivity contribution in [1.82, 2.24) is 10.6 Å². The Labute approximate surface area is 148 Å². The molecule has 0 saturated carbocycles. The van der Waals surface area contributed by atoms with Crippen molar-refractivity contribution in [2.24, 2.45) is 5.92 Å². The molecular formula is C19H24N4O2. The molecule has 1 aromatic rings. The van der Waals surface area contributed by atoms with Gasteiger partial charge in [-0.25, -0.2) is 0 Å². The van der Waals surface area contributed by atoms with Crippen LogP contribution < -0.4 is 16.0 Å². The van der Waals surface area contributed by atoms with Crippen molar-refractivity contribution in [1.29, 1.82) is 5.26 Å². The lowest BCUT2D eigenvalue weighted by Crippen LogP contribution is -2.36. The number of hydrogen-bond acceptors (Lipinski definition) is 4. The summed E-state index contributed by atoms with van der Waals surface area (Å²) in [7, 11) is 0. The molecule has 0 radical (unpaired) electrons. The quantitative estimate of drug-likeness (QED) is 0.564. The summed E-state index contributed by atoms with van der Waals surface area (Å²) in [5.41, 5.74) is 2.54. The molecule has 0 aliphatic carbocycles. The third-order valence-corrected chi connectivity index (χ3v) is 4.41. The van der Waals surface area contributed by atoms with Crippen LogP contribution in [0, 0.1) is 24.2 Å². The molecule has 0 spiro atoms. The fourth-order valence-electron chi connectivity index (χ4n) is 2.88. The van der Waals surface area contributed by atoms with Crippen LogP contribution in [0.5, 0.6) is 0 Å². The molecular weight excluding hydrogens is 316 g/mol. The number of carbonyl (C=O) groups excluding carboxylic acids is 2. The first-order chi connectivity index (χ1) is 12.1. The average molecular weight is 340 g/mol. The fourth-order valence-corrected chi connectivity index (χ4v) is 2.88. The number of nitrogens with zero attached hydrogens (tertiary/aromatic N) is 1. The highest BCUT2D eigenvalue weighted by atomic mass is 16.2. The first-order valence-corrected chi connectivity index (χ1v) is 8.58. The highest BCUT2D eigenvalue weighted by molar-refractivity contribution is 6.07. The molecule has 0 atom stereocenters. The molecule has 1 fully saturated rings. The Morgan fingerprint density at radius 1 is 1.36 bits per heavy atom. The van der Waals surface area contributed by atoms with Crippen LogP contribution in [-0.2, 0) is 16.0 Å². The zero-order valence-corrected chi connectivity index (χ0v) is 14.7. The molecule has 2 amide bonds. The zero-order chi connectivity index (χ0) is 18.2. The van der Waals surface area contributed by atoms with E-state index < -0.39 is 5.91 Å². The van der Waals surface area contributed by atoms with Gasteiger partial charge in [0.15, 0.2) is 0 Å². The van der Waals surface area contributed by atoms with Gasteiger partial charge in [-0.1, -0.05) is 25.1 Å². The molecule has 0 bridgehead atoms. The van der Waals surface area contributed by atoms with Gasteiger partial charge >= 0.3 is 0 Å². The fraction of sp³-hybridized carbons (Fsp3) is 0.421. The van der Waals surface area contributed by atoms with Crippen molar-refractivity contribution in [3.05, 3.63) is 41.1 Å². The average Bonchev–Trinajstić information content (AvgIpc) is 2.64. The van der Waals surface area contributed by atoms with Gasteiger partial charge in [0.05, 0.1) is 0 Å². The van der Waals surface area contributed by atoms with E-state index in [9.17, 15) is 14.9 Å². The van der Waals surface area contributed by atoms with Crippen molar-refractivity contribution in [2.75, 3.05) is 18.4 Å². The number of nitriles is 1. The monoisotopic (exact) mass is 340 g/mol. The lowest BCUT2D eigenvalue weighted by molar-refractivity contribution is -0.124. The summed E-state index contributed by atoms with van der Waals surface area (Å²) < 4.78 is 0. The van der Waals surface area contributed by atoms with Crippen molar-refractivity contribution in [2.45, 2.75) is 33.1 Å². The maximum absolute atomic E-state index is 12.4. The normalized spacial score (nSPS) is 15.3. The van der Waals surface area contributed by atoms with Crippen LogP contribution in [-0.4, -0.2) is 24.9 Å². The number of benzene rings is 1. The van der Waals surface area contributed by atoms with Gasteiger partial charge in [0, 0.05) is 17.8 Å². The smallest absolute Gasteiger partial charge is 0.267 e. The third-order valence-electron chi connectivity index (χ3n) is 4.41. The first kappa shape index (κ1) is 18.7. The van der Waals surface area contributed by atoms with Crippen LogP contribution >= 0.6 is 0 Å². The Morgan fingerprint density at radius 3 is 2.72 bits per heavy atom. The Morgan fingerprint density at radius 2 is 2.08 bits per heavy atom. The summed E-state index contributed by atoms with van der Waals surface area (Å²) in [5, 5.41) is 17.8. The minimum Gasteiger partial charge on any atom is -0.331 e. The molecule has 1 aliphatic heterocycles. The largest absolute Gasteiger partial charge is 0.331 e. The van der Waals surface area contributed by atoms with Gasteiger partial charge in [-0.15, -0.1) is 0 Å². The second kappa shape index (κ2) is 9.00. The molecule has 6 heteroatoms. The van der Waals surface area contributed by atoms with Gasteiger partial charge < -0.3 is 16.0 Å². The van der Waals surface area contributed by atoms with Crippen molar-refractivity contribution < 1.29 is 9.59 Å². The molecule has 1 aromatic carbocycles. The van der Waals surface area contributed by atoms with E-state index in [0.717, 1.165) is 49.2 Å². The molecule has 6 nitrogen and oxygen atoms in total. The summed E-state index contributed by atoms with van der Waals surface area (Å²) in [6.45, 7) is 5.52. The number of aryl methyl sites for hydroxylation is 2. The number of hydrogen-bond donors (Lipinski definition) is 3. The zero-order valence-electron chi connectivity index (χ0n) is 14.7. The topological polar surface area (TPSA) is 94.0 Å². The molecule has 25 heavy (non-hydrogen) atoms. The van der Waals surface area contributed by atoms with E-state index in [0.29, 0.717) is 0 Å². The number of rotatable bonds is 5. The number of anilines is 1. The molecule has 1 aliphatic rings. The molecule has 2 rings (SSSR count). The highest BCUT2D eigenvalue weighted by Gasteiger charge is 2.20.